The third-order valence-electron chi connectivity index (χ3n) is 2.84. The van der Waals surface area contributed by atoms with Crippen molar-refractivity contribution in [2.45, 2.75) is 12.8 Å². The lowest BCUT2D eigenvalue weighted by Gasteiger charge is -2.39. The van der Waals surface area contributed by atoms with Crippen LogP contribution < -0.4 is 0 Å². The molecule has 0 aromatic heterocycles. The molecule has 3 saturated heterocycles. The number of aliphatic carboxylic acids is 2. The highest BCUT2D eigenvalue weighted by Gasteiger charge is 2.31. The predicted octanol–water partition coefficient (Wildman–Crippen LogP) is -0.130. The summed E-state index contributed by atoms with van der Waals surface area (Å²) in [5.41, 5.74) is 1.25. The van der Waals surface area contributed by atoms with E-state index in [1.54, 1.807) is 7.11 Å². The van der Waals surface area contributed by atoms with Crippen molar-refractivity contribution in [1.29, 1.82) is 0 Å². The summed E-state index contributed by atoms with van der Waals surface area (Å²) in [7, 11) is 1.63. The number of rotatable bonds is 1. The maximum atomic E-state index is 9.10. The van der Waals surface area contributed by atoms with Crippen molar-refractivity contribution in [2.75, 3.05) is 26.7 Å². The molecule has 0 aromatic rings. The van der Waals surface area contributed by atoms with Gasteiger partial charge in [0, 0.05) is 12.5 Å². The van der Waals surface area contributed by atoms with Gasteiger partial charge in [-0.1, -0.05) is 5.16 Å². The number of carboxylic acid groups (broad SMARTS) is 2. The summed E-state index contributed by atoms with van der Waals surface area (Å²) in [6.45, 7) is 3.55. The number of hydrogen-bond acceptors (Lipinski definition) is 5. The summed E-state index contributed by atoms with van der Waals surface area (Å²) in [6, 6.07) is 0. The number of carbonyl (C=O) groups is 2. The molecule has 3 aliphatic heterocycles. The molecule has 0 radical (unpaired) electrons. The van der Waals surface area contributed by atoms with E-state index >= 15 is 0 Å². The van der Waals surface area contributed by atoms with Crippen molar-refractivity contribution in [2.24, 2.45) is 11.1 Å². The maximum Gasteiger partial charge on any atom is 0.414 e. The monoisotopic (exact) mass is 244 g/mol. The van der Waals surface area contributed by atoms with Crippen LogP contribution in [0.15, 0.2) is 5.16 Å². The third-order valence-corrected chi connectivity index (χ3v) is 2.84. The van der Waals surface area contributed by atoms with E-state index in [0.29, 0.717) is 0 Å². The standard InChI is InChI=1S/C8H14N2O.C2H2O4/c1-11-9-8-6-10-4-2-7(8)3-5-10;3-1(4)2(5)6/h7H,2-6H2,1H3;(H,3,4)(H,5,6)/b9-8+;. The minimum atomic E-state index is -1.82. The smallest absolute Gasteiger partial charge is 0.414 e. The van der Waals surface area contributed by atoms with E-state index in [-0.39, 0.29) is 0 Å². The first-order chi connectivity index (χ1) is 8.04. The minimum Gasteiger partial charge on any atom is -0.473 e. The molecule has 2 N–H and O–H groups in total. The Morgan fingerprint density at radius 2 is 1.82 bits per heavy atom. The second-order valence-corrected chi connectivity index (χ2v) is 3.93. The lowest BCUT2D eigenvalue weighted by molar-refractivity contribution is -0.159. The Morgan fingerprint density at radius 3 is 2.12 bits per heavy atom. The predicted molar refractivity (Wildman–Crippen MR) is 58.9 cm³/mol. The molecule has 7 nitrogen and oxygen atoms in total. The molecule has 96 valence electrons. The van der Waals surface area contributed by atoms with Gasteiger partial charge in [-0.2, -0.15) is 0 Å². The van der Waals surface area contributed by atoms with Gasteiger partial charge in [-0.05, 0) is 25.9 Å². The normalized spacial score (nSPS) is 28.2. The quantitative estimate of drug-likeness (QED) is 0.492. The Labute approximate surface area is 98.7 Å². The molecule has 0 unspecified atom stereocenters. The van der Waals surface area contributed by atoms with E-state index in [1.807, 2.05) is 0 Å². The molecule has 0 atom stereocenters. The van der Waals surface area contributed by atoms with E-state index in [2.05, 4.69) is 10.1 Å². The first-order valence-electron chi connectivity index (χ1n) is 5.33. The number of fused-ring (bicyclic) bond motifs is 3. The van der Waals surface area contributed by atoms with Crippen LogP contribution in [-0.2, 0) is 14.4 Å². The van der Waals surface area contributed by atoms with E-state index in [9.17, 15) is 0 Å². The van der Waals surface area contributed by atoms with Gasteiger partial charge in [-0.15, -0.1) is 0 Å². The molecular formula is C10H16N2O5. The van der Waals surface area contributed by atoms with E-state index in [0.717, 1.165) is 12.5 Å². The molecule has 3 aliphatic rings. The summed E-state index contributed by atoms with van der Waals surface area (Å²) in [5.74, 6) is -2.93. The Kier molecular flexibility index (Phi) is 4.89. The maximum absolute atomic E-state index is 9.10. The second-order valence-electron chi connectivity index (χ2n) is 3.93. The van der Waals surface area contributed by atoms with Crippen LogP contribution >= 0.6 is 0 Å². The van der Waals surface area contributed by atoms with Crippen LogP contribution in [-0.4, -0.2) is 59.5 Å². The lowest BCUT2D eigenvalue weighted by Crippen LogP contribution is -2.47. The Balaban J connectivity index is 0.000000209. The summed E-state index contributed by atoms with van der Waals surface area (Å²) >= 11 is 0. The molecule has 2 bridgehead atoms. The number of piperidine rings is 3. The van der Waals surface area contributed by atoms with Gasteiger partial charge in [0.05, 0.1) is 5.71 Å². The Morgan fingerprint density at radius 1 is 1.29 bits per heavy atom. The molecule has 0 spiro atoms. The molecular weight excluding hydrogens is 228 g/mol. The molecule has 0 saturated carbocycles. The van der Waals surface area contributed by atoms with Gasteiger partial charge < -0.3 is 15.1 Å². The van der Waals surface area contributed by atoms with Crippen LogP contribution in [0.3, 0.4) is 0 Å². The minimum absolute atomic E-state index is 0.722. The van der Waals surface area contributed by atoms with Crippen LogP contribution in [0, 0.1) is 5.92 Å². The average molecular weight is 244 g/mol. The second kappa shape index (κ2) is 6.19. The summed E-state index contributed by atoms with van der Waals surface area (Å²) < 4.78 is 0. The number of oxime groups is 1. The van der Waals surface area contributed by atoms with Crippen molar-refractivity contribution in [3.05, 3.63) is 0 Å². The third kappa shape index (κ3) is 4.03. The molecule has 3 rings (SSSR count). The average Bonchev–Trinajstić information content (AvgIpc) is 2.31. The first-order valence-corrected chi connectivity index (χ1v) is 5.33. The van der Waals surface area contributed by atoms with Gasteiger partial charge in [0.1, 0.15) is 7.11 Å². The number of hydrogen-bond donors (Lipinski definition) is 2. The van der Waals surface area contributed by atoms with E-state index in [4.69, 9.17) is 24.6 Å². The van der Waals surface area contributed by atoms with Gasteiger partial charge >= 0.3 is 11.9 Å². The van der Waals surface area contributed by atoms with Crippen molar-refractivity contribution in [3.8, 4) is 0 Å². The molecule has 0 amide bonds. The first kappa shape index (κ1) is 13.4. The van der Waals surface area contributed by atoms with Gasteiger partial charge in [0.15, 0.2) is 0 Å². The molecule has 7 heteroatoms. The lowest BCUT2D eigenvalue weighted by atomic mass is 9.87. The van der Waals surface area contributed by atoms with Crippen LogP contribution in [0.1, 0.15) is 12.8 Å². The molecule has 3 heterocycles. The largest absolute Gasteiger partial charge is 0.473 e. The summed E-state index contributed by atoms with van der Waals surface area (Å²) in [4.78, 5) is 25.4. The fourth-order valence-corrected chi connectivity index (χ4v) is 2.00. The number of carboxylic acids is 2. The SMILES string of the molecule is CO/N=C1\CN2CCC1CC2.O=C(O)C(=O)O. The van der Waals surface area contributed by atoms with Crippen molar-refractivity contribution >= 4 is 17.7 Å². The van der Waals surface area contributed by atoms with Gasteiger partial charge in [-0.3, -0.25) is 4.90 Å². The summed E-state index contributed by atoms with van der Waals surface area (Å²) in [5, 5.41) is 18.8. The van der Waals surface area contributed by atoms with Crippen LogP contribution in [0.4, 0.5) is 0 Å². The Hall–Kier alpha value is -1.63. The highest BCUT2D eigenvalue weighted by Crippen LogP contribution is 2.25. The van der Waals surface area contributed by atoms with Crippen LogP contribution in [0.2, 0.25) is 0 Å². The molecule has 3 fully saturated rings. The zero-order valence-electron chi connectivity index (χ0n) is 9.63. The van der Waals surface area contributed by atoms with E-state index < -0.39 is 11.9 Å². The number of nitrogens with zero attached hydrogens (tertiary/aromatic N) is 2. The fraction of sp³-hybridized carbons (Fsp3) is 0.700. The Bertz CT molecular complexity index is 309. The topological polar surface area (TPSA) is 99.4 Å². The highest BCUT2D eigenvalue weighted by atomic mass is 16.6. The van der Waals surface area contributed by atoms with Gasteiger partial charge in [0.25, 0.3) is 0 Å². The highest BCUT2D eigenvalue weighted by molar-refractivity contribution is 6.27. The van der Waals surface area contributed by atoms with Crippen molar-refractivity contribution in [3.63, 3.8) is 0 Å². The zero-order valence-corrected chi connectivity index (χ0v) is 9.63. The van der Waals surface area contributed by atoms with E-state index in [1.165, 1.54) is 31.6 Å². The fourth-order valence-electron chi connectivity index (χ4n) is 2.00. The zero-order chi connectivity index (χ0) is 12.8. The van der Waals surface area contributed by atoms with Gasteiger partial charge in [-0.25, -0.2) is 9.59 Å². The van der Waals surface area contributed by atoms with Crippen molar-refractivity contribution in [1.82, 2.24) is 4.90 Å². The van der Waals surface area contributed by atoms with Crippen LogP contribution in [0.5, 0.6) is 0 Å². The molecule has 0 aromatic carbocycles. The van der Waals surface area contributed by atoms with Crippen LogP contribution in [0.25, 0.3) is 0 Å². The molecule has 17 heavy (non-hydrogen) atoms. The summed E-state index contributed by atoms with van der Waals surface area (Å²) in [6.07, 6.45) is 2.56. The molecule has 0 aliphatic carbocycles. The van der Waals surface area contributed by atoms with Crippen molar-refractivity contribution < 1.29 is 24.6 Å². The van der Waals surface area contributed by atoms with Gasteiger partial charge in [0.2, 0.25) is 0 Å².